The van der Waals surface area contributed by atoms with Crippen LogP contribution < -0.4 is 0 Å². The fraction of sp³-hybridized carbons (Fsp3) is 0.750. The van der Waals surface area contributed by atoms with Gasteiger partial charge in [-0.2, -0.15) is 5.10 Å². The van der Waals surface area contributed by atoms with Crippen molar-refractivity contribution in [3.05, 3.63) is 17.0 Å². The molecule has 2 aliphatic rings. The van der Waals surface area contributed by atoms with Crippen LogP contribution in [0.1, 0.15) is 48.4 Å². The second-order valence-corrected chi connectivity index (χ2v) is 6.51. The smallest absolute Gasteiger partial charge is 0.274 e. The largest absolute Gasteiger partial charge is 0.335 e. The summed E-state index contributed by atoms with van der Waals surface area (Å²) >= 11 is 0. The van der Waals surface area contributed by atoms with Gasteiger partial charge in [0.2, 0.25) is 0 Å². The highest BCUT2D eigenvalue weighted by Crippen LogP contribution is 2.27. The molecule has 1 aromatic rings. The van der Waals surface area contributed by atoms with Crippen LogP contribution in [0, 0.1) is 5.92 Å². The predicted molar refractivity (Wildman–Crippen MR) is 82.4 cm³/mol. The van der Waals surface area contributed by atoms with Gasteiger partial charge < -0.3 is 4.90 Å². The normalized spacial score (nSPS) is 23.1. The van der Waals surface area contributed by atoms with E-state index in [0.717, 1.165) is 45.6 Å². The molecule has 1 aromatic heterocycles. The van der Waals surface area contributed by atoms with Crippen LogP contribution in [-0.4, -0.2) is 58.6 Å². The molecule has 5 heteroatoms. The molecule has 1 atom stereocenters. The first-order chi connectivity index (χ1) is 10.2. The fourth-order valence-electron chi connectivity index (χ4n) is 3.49. The molecule has 1 fully saturated rings. The van der Waals surface area contributed by atoms with Gasteiger partial charge in [0.15, 0.2) is 5.69 Å². The Morgan fingerprint density at radius 1 is 1.33 bits per heavy atom. The number of carbonyl (C=O) groups is 1. The summed E-state index contributed by atoms with van der Waals surface area (Å²) in [7, 11) is 0. The van der Waals surface area contributed by atoms with E-state index in [-0.39, 0.29) is 5.91 Å². The summed E-state index contributed by atoms with van der Waals surface area (Å²) in [5.74, 6) is 0.779. The van der Waals surface area contributed by atoms with Crippen molar-refractivity contribution in [2.24, 2.45) is 5.92 Å². The van der Waals surface area contributed by atoms with Crippen molar-refractivity contribution in [2.75, 3.05) is 32.7 Å². The molecule has 5 nitrogen and oxygen atoms in total. The average Bonchev–Trinajstić information content (AvgIpc) is 2.90. The van der Waals surface area contributed by atoms with Gasteiger partial charge in [0.05, 0.1) is 0 Å². The molecule has 1 N–H and O–H groups in total. The molecule has 0 spiro atoms. The molecule has 116 valence electrons. The number of fused-ring (bicyclic) bond motifs is 1. The average molecular weight is 290 g/mol. The highest BCUT2D eigenvalue weighted by molar-refractivity contribution is 5.94. The number of piperazine rings is 1. The Morgan fingerprint density at radius 2 is 2.10 bits per heavy atom. The van der Waals surface area contributed by atoms with Crippen molar-refractivity contribution >= 4 is 5.91 Å². The minimum atomic E-state index is 0.123. The first-order valence-electron chi connectivity index (χ1n) is 8.26. The number of hydrogen-bond donors (Lipinski definition) is 1. The SMILES string of the molecule is CCCN1CCN(C(=O)c2n[nH]c3c2C[C@H](C)CC3)CC1. The van der Waals surface area contributed by atoms with Crippen LogP contribution in [0.3, 0.4) is 0 Å². The van der Waals surface area contributed by atoms with Gasteiger partial charge >= 0.3 is 0 Å². The Labute approximate surface area is 126 Å². The topological polar surface area (TPSA) is 52.2 Å². The number of hydrogen-bond acceptors (Lipinski definition) is 3. The van der Waals surface area contributed by atoms with Crippen molar-refractivity contribution < 1.29 is 4.79 Å². The fourth-order valence-corrected chi connectivity index (χ4v) is 3.49. The van der Waals surface area contributed by atoms with E-state index < -0.39 is 0 Å². The number of carbonyl (C=O) groups excluding carboxylic acids is 1. The Hall–Kier alpha value is -1.36. The monoisotopic (exact) mass is 290 g/mol. The lowest BCUT2D eigenvalue weighted by Gasteiger charge is -2.34. The molecule has 1 amide bonds. The Balaban J connectivity index is 1.68. The first-order valence-corrected chi connectivity index (χ1v) is 8.26. The molecule has 0 bridgehead atoms. The lowest BCUT2D eigenvalue weighted by molar-refractivity contribution is 0.0630. The van der Waals surface area contributed by atoms with Crippen molar-refractivity contribution in [3.63, 3.8) is 0 Å². The van der Waals surface area contributed by atoms with E-state index in [0.29, 0.717) is 11.6 Å². The van der Waals surface area contributed by atoms with E-state index in [2.05, 4.69) is 28.9 Å². The Kier molecular flexibility index (Phi) is 4.29. The Morgan fingerprint density at radius 3 is 2.81 bits per heavy atom. The number of aromatic amines is 1. The number of amides is 1. The van der Waals surface area contributed by atoms with E-state index in [9.17, 15) is 4.79 Å². The zero-order valence-corrected chi connectivity index (χ0v) is 13.2. The molecule has 0 unspecified atom stereocenters. The van der Waals surface area contributed by atoms with E-state index in [1.807, 2.05) is 4.90 Å². The molecule has 1 saturated heterocycles. The molecule has 1 aliphatic carbocycles. The lowest BCUT2D eigenvalue weighted by atomic mass is 9.87. The second kappa shape index (κ2) is 6.18. The highest BCUT2D eigenvalue weighted by Gasteiger charge is 2.29. The molecule has 3 rings (SSSR count). The molecular formula is C16H26N4O. The van der Waals surface area contributed by atoms with Crippen molar-refractivity contribution in [3.8, 4) is 0 Å². The molecule has 2 heterocycles. The summed E-state index contributed by atoms with van der Waals surface area (Å²) in [5.41, 5.74) is 3.04. The van der Waals surface area contributed by atoms with Gasteiger partial charge in [0.25, 0.3) is 5.91 Å². The van der Waals surface area contributed by atoms with Gasteiger partial charge in [-0.1, -0.05) is 13.8 Å². The number of nitrogens with zero attached hydrogens (tertiary/aromatic N) is 3. The maximum absolute atomic E-state index is 12.7. The van der Waals surface area contributed by atoms with E-state index >= 15 is 0 Å². The van der Waals surface area contributed by atoms with Gasteiger partial charge in [0.1, 0.15) is 0 Å². The molecule has 0 radical (unpaired) electrons. The van der Waals surface area contributed by atoms with Crippen molar-refractivity contribution in [1.82, 2.24) is 20.0 Å². The number of aromatic nitrogens is 2. The lowest BCUT2D eigenvalue weighted by Crippen LogP contribution is -2.49. The van der Waals surface area contributed by atoms with E-state index in [4.69, 9.17) is 0 Å². The van der Waals surface area contributed by atoms with E-state index in [1.165, 1.54) is 24.1 Å². The van der Waals surface area contributed by atoms with Crippen LogP contribution >= 0.6 is 0 Å². The maximum atomic E-state index is 12.7. The number of H-pyrrole nitrogens is 1. The predicted octanol–water partition coefficient (Wildman–Crippen LogP) is 1.70. The van der Waals surface area contributed by atoms with Crippen LogP contribution in [0.2, 0.25) is 0 Å². The standard InChI is InChI=1S/C16H26N4O/c1-3-6-19-7-9-20(10-8-19)16(21)15-13-11-12(2)4-5-14(13)17-18-15/h12H,3-11H2,1-2H3,(H,17,18)/t12-/m1/s1. The summed E-state index contributed by atoms with van der Waals surface area (Å²) < 4.78 is 0. The minimum Gasteiger partial charge on any atom is -0.335 e. The third kappa shape index (κ3) is 2.98. The van der Waals surface area contributed by atoms with Gasteiger partial charge in [-0.05, 0) is 38.1 Å². The van der Waals surface area contributed by atoms with Crippen LogP contribution in [0.5, 0.6) is 0 Å². The molecule has 1 aliphatic heterocycles. The van der Waals surface area contributed by atoms with Gasteiger partial charge in [-0.15, -0.1) is 0 Å². The molecular weight excluding hydrogens is 264 g/mol. The van der Waals surface area contributed by atoms with Crippen LogP contribution in [0.15, 0.2) is 0 Å². The number of aryl methyl sites for hydroxylation is 1. The molecule has 0 aromatic carbocycles. The first kappa shape index (κ1) is 14.6. The highest BCUT2D eigenvalue weighted by atomic mass is 16.2. The van der Waals surface area contributed by atoms with Crippen LogP contribution in [0.25, 0.3) is 0 Å². The van der Waals surface area contributed by atoms with Crippen molar-refractivity contribution in [1.29, 1.82) is 0 Å². The number of nitrogens with one attached hydrogen (secondary N) is 1. The van der Waals surface area contributed by atoms with Crippen LogP contribution in [-0.2, 0) is 12.8 Å². The second-order valence-electron chi connectivity index (χ2n) is 6.51. The third-order valence-corrected chi connectivity index (χ3v) is 4.79. The van der Waals surface area contributed by atoms with Crippen LogP contribution in [0.4, 0.5) is 0 Å². The summed E-state index contributed by atoms with van der Waals surface area (Å²) in [4.78, 5) is 17.1. The third-order valence-electron chi connectivity index (χ3n) is 4.79. The molecule has 0 saturated carbocycles. The van der Waals surface area contributed by atoms with Crippen molar-refractivity contribution in [2.45, 2.75) is 39.5 Å². The number of rotatable bonds is 3. The zero-order chi connectivity index (χ0) is 14.8. The van der Waals surface area contributed by atoms with Gasteiger partial charge in [-0.3, -0.25) is 14.8 Å². The quantitative estimate of drug-likeness (QED) is 0.922. The zero-order valence-electron chi connectivity index (χ0n) is 13.2. The Bertz CT molecular complexity index is 502. The van der Waals surface area contributed by atoms with Gasteiger partial charge in [0, 0.05) is 37.4 Å². The summed E-state index contributed by atoms with van der Waals surface area (Å²) in [6.45, 7) is 9.23. The summed E-state index contributed by atoms with van der Waals surface area (Å²) in [6.07, 6.45) is 4.39. The van der Waals surface area contributed by atoms with E-state index in [1.54, 1.807) is 0 Å². The maximum Gasteiger partial charge on any atom is 0.274 e. The molecule has 21 heavy (non-hydrogen) atoms. The summed E-state index contributed by atoms with van der Waals surface area (Å²) in [5, 5.41) is 7.42. The van der Waals surface area contributed by atoms with Gasteiger partial charge in [-0.25, -0.2) is 0 Å². The summed E-state index contributed by atoms with van der Waals surface area (Å²) in [6, 6.07) is 0. The minimum absolute atomic E-state index is 0.123.